The number of halogens is 1. The van der Waals surface area contributed by atoms with Crippen LogP contribution in [0.15, 0.2) is 48.7 Å². The Balaban J connectivity index is 1.28. The molecule has 1 amide bonds. The third-order valence-electron chi connectivity index (χ3n) is 6.22. The zero-order valence-corrected chi connectivity index (χ0v) is 25.3. The minimum absolute atomic E-state index is 0.0190. The first-order chi connectivity index (χ1) is 17.5. The molecule has 1 saturated carbocycles. The molecular formula is C23H29ClN8OP4. The number of hydrogen-bond acceptors (Lipinski definition) is 6. The molecule has 0 aromatic carbocycles. The lowest BCUT2D eigenvalue weighted by molar-refractivity contribution is -0.117. The van der Waals surface area contributed by atoms with Crippen molar-refractivity contribution in [1.82, 2.24) is 29.3 Å². The second-order valence-corrected chi connectivity index (χ2v) is 15.2. The molecule has 1 aliphatic carbocycles. The summed E-state index contributed by atoms with van der Waals surface area (Å²) in [6, 6.07) is 8.21. The Morgan fingerprint density at radius 1 is 1.30 bits per heavy atom. The fraction of sp³-hybridized carbons (Fsp3) is 0.261. The Labute approximate surface area is 228 Å². The quantitative estimate of drug-likeness (QED) is 0.125. The summed E-state index contributed by atoms with van der Waals surface area (Å²) in [7, 11) is 11.1. The van der Waals surface area contributed by atoms with Crippen LogP contribution in [0.25, 0.3) is 11.0 Å². The largest absolute Gasteiger partial charge is 0.393 e. The van der Waals surface area contributed by atoms with Crippen LogP contribution in [-0.2, 0) is 22.5 Å². The maximum absolute atomic E-state index is 12.6. The summed E-state index contributed by atoms with van der Waals surface area (Å²) in [6.45, 7) is 0.474. The van der Waals surface area contributed by atoms with Gasteiger partial charge in [-0.15, -0.1) is 37.0 Å². The van der Waals surface area contributed by atoms with E-state index in [0.29, 0.717) is 16.6 Å². The van der Waals surface area contributed by atoms with E-state index in [-0.39, 0.29) is 23.4 Å². The molecule has 9 nitrogen and oxygen atoms in total. The summed E-state index contributed by atoms with van der Waals surface area (Å²) in [5.74, 6) is 6.35. The molecule has 5 rings (SSSR count). The molecule has 4 aromatic rings. The van der Waals surface area contributed by atoms with E-state index in [9.17, 15) is 4.79 Å². The zero-order chi connectivity index (χ0) is 26.5. The smallest absolute Gasteiger partial charge is 0.269 e. The molecule has 4 aromatic heterocycles. The fourth-order valence-electron chi connectivity index (χ4n) is 4.23. The van der Waals surface area contributed by atoms with Crippen molar-refractivity contribution in [3.63, 3.8) is 0 Å². The number of carbonyl (C=O) groups excluding carboxylic acids is 1. The lowest BCUT2D eigenvalue weighted by Crippen LogP contribution is -2.32. The number of carbonyl (C=O) groups is 1. The molecule has 0 radical (unpaired) electrons. The van der Waals surface area contributed by atoms with Gasteiger partial charge in [0.25, 0.3) is 5.91 Å². The summed E-state index contributed by atoms with van der Waals surface area (Å²) in [5.41, 5.74) is 11.7. The van der Waals surface area contributed by atoms with Gasteiger partial charge >= 0.3 is 0 Å². The fourth-order valence-corrected chi connectivity index (χ4v) is 5.41. The highest BCUT2D eigenvalue weighted by atomic mass is 35.5. The number of aromatic nitrogens is 4. The van der Waals surface area contributed by atoms with Crippen molar-refractivity contribution in [3.05, 3.63) is 76.4 Å². The van der Waals surface area contributed by atoms with E-state index in [1.165, 1.54) is 29.6 Å². The van der Waals surface area contributed by atoms with E-state index >= 15 is 0 Å². The highest BCUT2D eigenvalue weighted by molar-refractivity contribution is 7.56. The number of nitrogens with one attached hydrogen (secondary N) is 1. The number of hydrogen-bond donors (Lipinski definition) is 3. The molecule has 4 unspecified atom stereocenters. The van der Waals surface area contributed by atoms with Crippen LogP contribution in [0.5, 0.6) is 0 Å². The normalized spacial score (nSPS) is 14.5. The van der Waals surface area contributed by atoms with Crippen LogP contribution in [0.4, 0.5) is 0 Å². The standard InChI is InChI=1S/C23H29ClN8OP4/c24-16-3-4-30-11-28-18(20(30)21(16)34)8-27-22(33)17(25)10-31(26)9-14-7-15-5-13(12-1-2-12)6-19(23(35,36)37)32(15)29-14/h3-7,10-12H,1-2,8-9,25-26,34-37H2,(H,27,33)/b17-10-. The lowest BCUT2D eigenvalue weighted by atomic mass is 10.1. The van der Waals surface area contributed by atoms with E-state index in [1.807, 2.05) is 21.2 Å². The summed E-state index contributed by atoms with van der Waals surface area (Å²) in [6.07, 6.45) is 7.34. The van der Waals surface area contributed by atoms with Gasteiger partial charge in [0.2, 0.25) is 0 Å². The van der Waals surface area contributed by atoms with E-state index in [0.717, 1.165) is 27.7 Å². The van der Waals surface area contributed by atoms with Crippen LogP contribution in [0.3, 0.4) is 0 Å². The average Bonchev–Trinajstić information content (AvgIpc) is 3.47. The van der Waals surface area contributed by atoms with Gasteiger partial charge in [0.1, 0.15) is 5.70 Å². The Bertz CT molecular complexity index is 1540. The average molecular weight is 593 g/mol. The van der Waals surface area contributed by atoms with E-state index in [1.54, 1.807) is 12.4 Å². The van der Waals surface area contributed by atoms with Gasteiger partial charge in [-0.2, -0.15) is 5.10 Å². The summed E-state index contributed by atoms with van der Waals surface area (Å²) in [5, 5.41) is 10.3. The Kier molecular flexibility index (Phi) is 7.50. The topological polar surface area (TPSA) is 119 Å². The number of nitrogens with two attached hydrogens (primary N) is 2. The molecule has 0 aliphatic heterocycles. The first kappa shape index (κ1) is 26.8. The SMILES string of the molecule is N/C(=C\N(N)Cc1cc2cc(C3CC3)cc(C(P)(P)P)n2n1)C(=O)NCc1ncn2ccc(Cl)c(P)c12. The van der Waals surface area contributed by atoms with Gasteiger partial charge in [-0.1, -0.05) is 11.6 Å². The molecule has 14 heteroatoms. The van der Waals surface area contributed by atoms with Gasteiger partial charge in [0, 0.05) is 17.7 Å². The van der Waals surface area contributed by atoms with E-state index in [4.69, 9.17) is 28.3 Å². The zero-order valence-electron chi connectivity index (χ0n) is 19.9. The molecule has 194 valence electrons. The Morgan fingerprint density at radius 3 is 2.76 bits per heavy atom. The van der Waals surface area contributed by atoms with Crippen molar-refractivity contribution in [1.29, 1.82) is 0 Å². The number of hydrazine groups is 1. The number of fused-ring (bicyclic) bond motifs is 2. The second kappa shape index (κ2) is 10.4. The van der Waals surface area contributed by atoms with Gasteiger partial charge in [-0.3, -0.25) is 4.79 Å². The van der Waals surface area contributed by atoms with Crippen LogP contribution in [0.1, 0.15) is 41.4 Å². The molecule has 5 N–H and O–H groups in total. The van der Waals surface area contributed by atoms with Crippen LogP contribution < -0.4 is 22.2 Å². The summed E-state index contributed by atoms with van der Waals surface area (Å²) in [4.78, 5) is 17.0. The molecule has 0 bridgehead atoms. The predicted octanol–water partition coefficient (Wildman–Crippen LogP) is 2.54. The molecule has 4 atom stereocenters. The molecular weight excluding hydrogens is 564 g/mol. The van der Waals surface area contributed by atoms with Gasteiger partial charge in [0.15, 0.2) is 0 Å². The Hall–Kier alpha value is -1.84. The van der Waals surface area contributed by atoms with Crippen molar-refractivity contribution in [2.45, 2.75) is 36.5 Å². The molecule has 37 heavy (non-hydrogen) atoms. The van der Waals surface area contributed by atoms with Gasteiger partial charge in [-0.05, 0) is 48.6 Å². The third-order valence-corrected chi connectivity index (χ3v) is 8.20. The van der Waals surface area contributed by atoms with Crippen molar-refractivity contribution < 1.29 is 4.79 Å². The van der Waals surface area contributed by atoms with Gasteiger partial charge < -0.3 is 20.5 Å². The van der Waals surface area contributed by atoms with Gasteiger partial charge in [0.05, 0.1) is 57.2 Å². The highest BCUT2D eigenvalue weighted by Crippen LogP contribution is 2.48. The van der Waals surface area contributed by atoms with Crippen molar-refractivity contribution in [2.75, 3.05) is 0 Å². The van der Waals surface area contributed by atoms with Crippen LogP contribution in [0.2, 0.25) is 5.02 Å². The van der Waals surface area contributed by atoms with E-state index < -0.39 is 5.91 Å². The predicted molar refractivity (Wildman–Crippen MR) is 161 cm³/mol. The first-order valence-electron chi connectivity index (χ1n) is 11.6. The Morgan fingerprint density at radius 2 is 2.05 bits per heavy atom. The molecule has 0 saturated heterocycles. The van der Waals surface area contributed by atoms with Crippen molar-refractivity contribution >= 4 is 70.8 Å². The maximum atomic E-state index is 12.6. The first-order valence-corrected chi connectivity index (χ1v) is 14.3. The minimum Gasteiger partial charge on any atom is -0.393 e. The number of nitrogens with zero attached hydrogens (tertiary/aromatic N) is 5. The number of rotatable bonds is 8. The lowest BCUT2D eigenvalue weighted by Gasteiger charge is -2.21. The molecule has 1 aliphatic rings. The number of pyridine rings is 2. The second-order valence-electron chi connectivity index (χ2n) is 9.32. The van der Waals surface area contributed by atoms with Crippen LogP contribution in [0, 0.1) is 0 Å². The van der Waals surface area contributed by atoms with Crippen molar-refractivity contribution in [2.24, 2.45) is 11.6 Å². The summed E-state index contributed by atoms with van der Waals surface area (Å²) < 4.78 is 3.48. The monoisotopic (exact) mass is 592 g/mol. The number of imidazole rings is 1. The van der Waals surface area contributed by atoms with E-state index in [2.05, 4.69) is 59.4 Å². The third kappa shape index (κ3) is 5.78. The van der Waals surface area contributed by atoms with Gasteiger partial charge in [-0.25, -0.2) is 15.3 Å². The minimum atomic E-state index is -0.450. The van der Waals surface area contributed by atoms with Crippen LogP contribution in [-0.4, -0.2) is 29.9 Å². The number of amides is 1. The highest BCUT2D eigenvalue weighted by Gasteiger charge is 2.28. The maximum Gasteiger partial charge on any atom is 0.269 e. The molecule has 1 fully saturated rings. The molecule has 4 heterocycles. The van der Waals surface area contributed by atoms with Crippen LogP contribution >= 0.6 is 48.6 Å². The van der Waals surface area contributed by atoms with Crippen molar-refractivity contribution in [3.8, 4) is 0 Å². The summed E-state index contributed by atoms with van der Waals surface area (Å²) >= 11 is 6.23. The molecule has 0 spiro atoms.